The Balaban J connectivity index is 1.85. The minimum Gasteiger partial charge on any atom is -0.486 e. The molecule has 0 radical (unpaired) electrons. The summed E-state index contributed by atoms with van der Waals surface area (Å²) in [6.07, 6.45) is 0.919. The van der Waals surface area contributed by atoms with Crippen LogP contribution in [0.5, 0.6) is 5.75 Å². The summed E-state index contributed by atoms with van der Waals surface area (Å²) < 4.78 is 13.3. The summed E-state index contributed by atoms with van der Waals surface area (Å²) in [5.74, 6) is 1.74. The number of halogens is 1. The fourth-order valence-electron chi connectivity index (χ4n) is 2.73. The summed E-state index contributed by atoms with van der Waals surface area (Å²) in [4.78, 5) is 4.70. The number of hydrogen-bond donors (Lipinski definition) is 0. The van der Waals surface area contributed by atoms with Crippen molar-refractivity contribution in [3.8, 4) is 5.75 Å². The van der Waals surface area contributed by atoms with Gasteiger partial charge in [0.25, 0.3) is 0 Å². The van der Waals surface area contributed by atoms with E-state index in [2.05, 4.69) is 17.6 Å². The predicted octanol–water partition coefficient (Wildman–Crippen LogP) is 4.61. The normalized spacial score (nSPS) is 11.1. The van der Waals surface area contributed by atoms with Crippen molar-refractivity contribution < 1.29 is 9.47 Å². The number of imidazole rings is 1. The largest absolute Gasteiger partial charge is 0.486 e. The first-order valence-corrected chi connectivity index (χ1v) is 8.38. The molecule has 1 heterocycles. The fraction of sp³-hybridized carbons (Fsp3) is 0.316. The summed E-state index contributed by atoms with van der Waals surface area (Å²) in [5.41, 5.74) is 3.13. The Hall–Kier alpha value is -2.04. The molecular formula is C19H21ClN2O2. The van der Waals surface area contributed by atoms with E-state index >= 15 is 0 Å². The van der Waals surface area contributed by atoms with E-state index in [4.69, 9.17) is 26.1 Å². The molecule has 0 aliphatic rings. The highest BCUT2D eigenvalue weighted by Crippen LogP contribution is 2.22. The van der Waals surface area contributed by atoms with Crippen LogP contribution in [0.3, 0.4) is 0 Å². The van der Waals surface area contributed by atoms with Gasteiger partial charge >= 0.3 is 0 Å². The second-order valence-corrected chi connectivity index (χ2v) is 6.20. The molecule has 0 aliphatic heterocycles. The maximum atomic E-state index is 6.10. The maximum Gasteiger partial charge on any atom is 0.148 e. The van der Waals surface area contributed by atoms with Crippen molar-refractivity contribution >= 4 is 22.6 Å². The lowest BCUT2D eigenvalue weighted by Crippen LogP contribution is -2.09. The van der Waals surface area contributed by atoms with E-state index in [0.717, 1.165) is 35.6 Å². The Morgan fingerprint density at radius 1 is 1.17 bits per heavy atom. The van der Waals surface area contributed by atoms with Gasteiger partial charge in [-0.2, -0.15) is 0 Å². The molecule has 24 heavy (non-hydrogen) atoms. The lowest BCUT2D eigenvalue weighted by atomic mass is 10.2. The molecule has 3 aromatic rings. The number of rotatable bonds is 7. The summed E-state index contributed by atoms with van der Waals surface area (Å²) in [5, 5.41) is 0.690. The minimum atomic E-state index is 0.419. The lowest BCUT2D eigenvalue weighted by molar-refractivity contribution is 0.189. The Labute approximate surface area is 147 Å². The van der Waals surface area contributed by atoms with E-state index in [1.807, 2.05) is 36.4 Å². The number of hydrogen-bond acceptors (Lipinski definition) is 3. The fourth-order valence-corrected chi connectivity index (χ4v) is 2.90. The van der Waals surface area contributed by atoms with Crippen LogP contribution in [0.2, 0.25) is 5.02 Å². The first-order valence-electron chi connectivity index (χ1n) is 8.00. The average Bonchev–Trinajstić information content (AvgIpc) is 2.90. The molecule has 0 N–H and O–H groups in total. The molecule has 0 saturated carbocycles. The molecule has 4 nitrogen and oxygen atoms in total. The molecule has 3 rings (SSSR count). The van der Waals surface area contributed by atoms with Crippen LogP contribution < -0.4 is 4.74 Å². The zero-order chi connectivity index (χ0) is 16.9. The van der Waals surface area contributed by atoms with Gasteiger partial charge in [-0.3, -0.25) is 0 Å². The number of ether oxygens (including phenoxy) is 2. The van der Waals surface area contributed by atoms with E-state index in [1.165, 1.54) is 5.56 Å². The van der Waals surface area contributed by atoms with Crippen LogP contribution >= 0.6 is 11.6 Å². The molecule has 126 valence electrons. The summed E-state index contributed by atoms with van der Waals surface area (Å²) in [6, 6.07) is 13.8. The number of aryl methyl sites for hydroxylation is 2. The molecule has 5 heteroatoms. The van der Waals surface area contributed by atoms with Gasteiger partial charge in [-0.1, -0.05) is 23.7 Å². The van der Waals surface area contributed by atoms with Crippen LogP contribution in [0.25, 0.3) is 11.0 Å². The summed E-state index contributed by atoms with van der Waals surface area (Å²) in [6.45, 7) is 4.02. The third-order valence-electron chi connectivity index (χ3n) is 3.88. The van der Waals surface area contributed by atoms with Crippen molar-refractivity contribution in [2.45, 2.75) is 26.5 Å². The molecule has 0 fully saturated rings. The van der Waals surface area contributed by atoms with E-state index in [9.17, 15) is 0 Å². The van der Waals surface area contributed by atoms with Crippen LogP contribution in [0.15, 0.2) is 42.5 Å². The first-order chi connectivity index (χ1) is 11.7. The average molecular weight is 345 g/mol. The molecule has 2 aromatic carbocycles. The van der Waals surface area contributed by atoms with Gasteiger partial charge in [0, 0.05) is 25.3 Å². The van der Waals surface area contributed by atoms with Crippen molar-refractivity contribution in [3.05, 3.63) is 58.9 Å². The first kappa shape index (κ1) is 16.8. The van der Waals surface area contributed by atoms with Crippen LogP contribution in [-0.2, 0) is 17.9 Å². The van der Waals surface area contributed by atoms with Crippen molar-refractivity contribution in [2.75, 3.05) is 13.7 Å². The van der Waals surface area contributed by atoms with Gasteiger partial charge in [0.1, 0.15) is 18.2 Å². The maximum absolute atomic E-state index is 6.10. The zero-order valence-electron chi connectivity index (χ0n) is 14.0. The van der Waals surface area contributed by atoms with Crippen LogP contribution in [0.1, 0.15) is 17.8 Å². The number of benzene rings is 2. The number of fused-ring (bicyclic) bond motifs is 1. The zero-order valence-corrected chi connectivity index (χ0v) is 14.7. The van der Waals surface area contributed by atoms with Gasteiger partial charge in [-0.25, -0.2) is 4.98 Å². The number of methoxy groups -OCH3 is 1. The van der Waals surface area contributed by atoms with Gasteiger partial charge in [0.15, 0.2) is 0 Å². The van der Waals surface area contributed by atoms with Crippen molar-refractivity contribution in [2.24, 2.45) is 0 Å². The molecule has 0 spiro atoms. The van der Waals surface area contributed by atoms with E-state index < -0.39 is 0 Å². The standard InChI is InChI=1S/C19H21ClN2O2/c1-14-5-3-6-16(11-14)24-13-19-21-17-12-15(20)7-8-18(17)22(19)9-4-10-23-2/h3,5-8,11-12H,4,9-10,13H2,1-2H3. The smallest absolute Gasteiger partial charge is 0.148 e. The monoisotopic (exact) mass is 344 g/mol. The Bertz CT molecular complexity index is 829. The van der Waals surface area contributed by atoms with Gasteiger partial charge in [-0.15, -0.1) is 0 Å². The van der Waals surface area contributed by atoms with E-state index in [-0.39, 0.29) is 0 Å². The van der Waals surface area contributed by atoms with Crippen LogP contribution in [0, 0.1) is 6.92 Å². The molecular weight excluding hydrogens is 324 g/mol. The Kier molecular flexibility index (Phi) is 5.38. The van der Waals surface area contributed by atoms with Gasteiger partial charge in [0.2, 0.25) is 0 Å². The Morgan fingerprint density at radius 2 is 2.04 bits per heavy atom. The van der Waals surface area contributed by atoms with E-state index in [1.54, 1.807) is 7.11 Å². The van der Waals surface area contributed by atoms with Crippen molar-refractivity contribution in [3.63, 3.8) is 0 Å². The SMILES string of the molecule is COCCCn1c(COc2cccc(C)c2)nc2cc(Cl)ccc21. The van der Waals surface area contributed by atoms with Crippen LogP contribution in [-0.4, -0.2) is 23.3 Å². The second-order valence-electron chi connectivity index (χ2n) is 5.76. The predicted molar refractivity (Wildman–Crippen MR) is 96.7 cm³/mol. The summed E-state index contributed by atoms with van der Waals surface area (Å²) >= 11 is 6.10. The van der Waals surface area contributed by atoms with Gasteiger partial charge in [0.05, 0.1) is 11.0 Å². The molecule has 0 atom stereocenters. The molecule has 0 bridgehead atoms. The Morgan fingerprint density at radius 3 is 2.83 bits per heavy atom. The second kappa shape index (κ2) is 7.69. The van der Waals surface area contributed by atoms with Gasteiger partial charge in [-0.05, 0) is 49.2 Å². The minimum absolute atomic E-state index is 0.419. The highest BCUT2D eigenvalue weighted by atomic mass is 35.5. The van der Waals surface area contributed by atoms with E-state index in [0.29, 0.717) is 18.2 Å². The lowest BCUT2D eigenvalue weighted by Gasteiger charge is -2.10. The third kappa shape index (κ3) is 3.89. The van der Waals surface area contributed by atoms with Crippen molar-refractivity contribution in [1.82, 2.24) is 9.55 Å². The van der Waals surface area contributed by atoms with Gasteiger partial charge < -0.3 is 14.0 Å². The highest BCUT2D eigenvalue weighted by Gasteiger charge is 2.12. The topological polar surface area (TPSA) is 36.3 Å². The quantitative estimate of drug-likeness (QED) is 0.587. The van der Waals surface area contributed by atoms with Crippen molar-refractivity contribution in [1.29, 1.82) is 0 Å². The highest BCUT2D eigenvalue weighted by molar-refractivity contribution is 6.31. The summed E-state index contributed by atoms with van der Waals surface area (Å²) in [7, 11) is 1.72. The molecule has 0 unspecified atom stereocenters. The number of nitrogens with zero attached hydrogens (tertiary/aromatic N) is 2. The number of aromatic nitrogens is 2. The van der Waals surface area contributed by atoms with Crippen LogP contribution in [0.4, 0.5) is 0 Å². The molecule has 0 saturated heterocycles. The molecule has 1 aromatic heterocycles. The molecule has 0 amide bonds. The molecule has 0 aliphatic carbocycles. The third-order valence-corrected chi connectivity index (χ3v) is 4.11.